The van der Waals surface area contributed by atoms with Crippen molar-refractivity contribution in [3.63, 3.8) is 0 Å². The summed E-state index contributed by atoms with van der Waals surface area (Å²) in [5, 5.41) is 11.7. The van der Waals surface area contributed by atoms with Crippen LogP contribution in [0.15, 0.2) is 36.4 Å². The lowest BCUT2D eigenvalue weighted by Gasteiger charge is -2.02. The predicted molar refractivity (Wildman–Crippen MR) is 76.2 cm³/mol. The van der Waals surface area contributed by atoms with Gasteiger partial charge >= 0.3 is 5.97 Å². The van der Waals surface area contributed by atoms with Crippen LogP contribution in [0, 0.1) is 6.92 Å². The summed E-state index contributed by atoms with van der Waals surface area (Å²) in [5.74, 6) is -1.54. The van der Waals surface area contributed by atoms with E-state index in [4.69, 9.17) is 5.11 Å². The van der Waals surface area contributed by atoms with Gasteiger partial charge in [-0.2, -0.15) is 0 Å². The number of nitrogens with one attached hydrogen (secondary N) is 1. The lowest BCUT2D eigenvalue weighted by Crippen LogP contribution is -2.27. The zero-order valence-electron chi connectivity index (χ0n) is 11.0. The fourth-order valence-corrected chi connectivity index (χ4v) is 1.79. The monoisotopic (exact) mass is 270 g/mol. The molecule has 0 radical (unpaired) electrons. The first-order valence-corrected chi connectivity index (χ1v) is 6.10. The van der Waals surface area contributed by atoms with Crippen molar-refractivity contribution in [1.82, 2.24) is 10.3 Å². The van der Waals surface area contributed by atoms with E-state index in [0.717, 1.165) is 16.5 Å². The Bertz CT molecular complexity index is 693. The van der Waals surface area contributed by atoms with Gasteiger partial charge in [-0.15, -0.1) is 0 Å². The summed E-state index contributed by atoms with van der Waals surface area (Å²) in [6.07, 6.45) is 2.83. The molecule has 0 saturated heterocycles. The molecule has 2 rings (SSSR count). The van der Waals surface area contributed by atoms with E-state index < -0.39 is 18.4 Å². The Labute approximate surface area is 115 Å². The van der Waals surface area contributed by atoms with Crippen molar-refractivity contribution in [2.24, 2.45) is 0 Å². The number of amides is 1. The van der Waals surface area contributed by atoms with Gasteiger partial charge in [-0.1, -0.05) is 24.3 Å². The molecule has 2 N–H and O–H groups in total. The maximum Gasteiger partial charge on any atom is 0.322 e. The number of carbonyl (C=O) groups excluding carboxylic acids is 1. The molecule has 1 amide bonds. The summed E-state index contributed by atoms with van der Waals surface area (Å²) in [7, 11) is 0. The van der Waals surface area contributed by atoms with Crippen molar-refractivity contribution < 1.29 is 14.7 Å². The van der Waals surface area contributed by atoms with E-state index in [1.165, 1.54) is 6.08 Å². The number of para-hydroxylation sites is 1. The number of hydrogen-bond acceptors (Lipinski definition) is 3. The highest BCUT2D eigenvalue weighted by Crippen LogP contribution is 2.16. The maximum atomic E-state index is 11.4. The van der Waals surface area contributed by atoms with E-state index >= 15 is 0 Å². The molecule has 5 nitrogen and oxygen atoms in total. The molecule has 0 unspecified atom stereocenters. The first-order chi connectivity index (χ1) is 9.56. The fraction of sp³-hybridized carbons (Fsp3) is 0.133. The third kappa shape index (κ3) is 3.41. The molecule has 1 aromatic heterocycles. The summed E-state index contributed by atoms with van der Waals surface area (Å²) in [4.78, 5) is 26.1. The van der Waals surface area contributed by atoms with Gasteiger partial charge in [0.15, 0.2) is 0 Å². The van der Waals surface area contributed by atoms with E-state index in [0.29, 0.717) is 5.69 Å². The molecule has 0 spiro atoms. The zero-order chi connectivity index (χ0) is 14.5. The summed E-state index contributed by atoms with van der Waals surface area (Å²) in [5.41, 5.74) is 2.60. The molecule has 2 aromatic rings. The van der Waals surface area contributed by atoms with Crippen LogP contribution in [-0.2, 0) is 9.59 Å². The number of aryl methyl sites for hydroxylation is 1. The van der Waals surface area contributed by atoms with Gasteiger partial charge in [0.1, 0.15) is 6.54 Å². The Morgan fingerprint density at radius 2 is 2.10 bits per heavy atom. The van der Waals surface area contributed by atoms with Gasteiger partial charge in [0.05, 0.1) is 11.2 Å². The highest BCUT2D eigenvalue weighted by molar-refractivity contribution is 5.93. The number of benzene rings is 1. The van der Waals surface area contributed by atoms with Crippen LogP contribution < -0.4 is 5.32 Å². The average molecular weight is 270 g/mol. The number of rotatable bonds is 4. The van der Waals surface area contributed by atoms with Crippen LogP contribution in [0.1, 0.15) is 11.3 Å². The van der Waals surface area contributed by atoms with Gasteiger partial charge in [0.25, 0.3) is 0 Å². The molecule has 20 heavy (non-hydrogen) atoms. The Kier molecular flexibility index (Phi) is 4.10. The van der Waals surface area contributed by atoms with Crippen molar-refractivity contribution in [3.8, 4) is 0 Å². The Morgan fingerprint density at radius 3 is 2.85 bits per heavy atom. The highest BCUT2D eigenvalue weighted by Gasteiger charge is 2.01. The number of nitrogens with zero attached hydrogens (tertiary/aromatic N) is 1. The predicted octanol–water partition coefficient (Wildman–Crippen LogP) is 1.76. The van der Waals surface area contributed by atoms with Crippen LogP contribution in [-0.4, -0.2) is 28.5 Å². The molecule has 0 saturated carbocycles. The SMILES string of the molecule is Cc1cccc2ccc(/C=C/C(=O)NCC(=O)O)nc12. The topological polar surface area (TPSA) is 79.3 Å². The second-order valence-corrected chi connectivity index (χ2v) is 4.33. The van der Waals surface area contributed by atoms with Crippen molar-refractivity contribution in [1.29, 1.82) is 0 Å². The normalized spacial score (nSPS) is 10.8. The number of carboxylic acid groups (broad SMARTS) is 1. The molecule has 5 heteroatoms. The molecular weight excluding hydrogens is 256 g/mol. The molecule has 0 aliphatic carbocycles. The largest absolute Gasteiger partial charge is 0.480 e. The van der Waals surface area contributed by atoms with Crippen molar-refractivity contribution in [3.05, 3.63) is 47.7 Å². The Balaban J connectivity index is 2.15. The summed E-state index contributed by atoms with van der Waals surface area (Å²) < 4.78 is 0. The number of aliphatic carboxylic acids is 1. The molecule has 0 atom stereocenters. The second-order valence-electron chi connectivity index (χ2n) is 4.33. The summed E-state index contributed by atoms with van der Waals surface area (Å²) >= 11 is 0. The average Bonchev–Trinajstić information content (AvgIpc) is 2.43. The number of pyridine rings is 1. The molecule has 0 aliphatic rings. The fourth-order valence-electron chi connectivity index (χ4n) is 1.79. The van der Waals surface area contributed by atoms with Gasteiger partial charge in [0.2, 0.25) is 5.91 Å². The van der Waals surface area contributed by atoms with Crippen LogP contribution in [0.2, 0.25) is 0 Å². The van der Waals surface area contributed by atoms with Crippen LogP contribution in [0.3, 0.4) is 0 Å². The second kappa shape index (κ2) is 5.97. The van der Waals surface area contributed by atoms with Crippen molar-refractivity contribution >= 4 is 28.9 Å². The summed E-state index contributed by atoms with van der Waals surface area (Å²) in [6, 6.07) is 9.66. The van der Waals surface area contributed by atoms with Crippen LogP contribution >= 0.6 is 0 Å². The van der Waals surface area contributed by atoms with Gasteiger partial charge in [0, 0.05) is 11.5 Å². The van der Waals surface area contributed by atoms with Gasteiger partial charge in [-0.3, -0.25) is 9.59 Å². The number of carbonyl (C=O) groups is 2. The van der Waals surface area contributed by atoms with E-state index in [1.54, 1.807) is 6.08 Å². The third-order valence-corrected chi connectivity index (χ3v) is 2.76. The highest BCUT2D eigenvalue weighted by atomic mass is 16.4. The minimum absolute atomic E-state index is 0.395. The molecule has 0 aliphatic heterocycles. The molecular formula is C15H14N2O3. The van der Waals surface area contributed by atoms with E-state index in [2.05, 4.69) is 10.3 Å². The number of fused-ring (bicyclic) bond motifs is 1. The number of carboxylic acids is 1. The van der Waals surface area contributed by atoms with Gasteiger partial charge < -0.3 is 10.4 Å². The quantitative estimate of drug-likeness (QED) is 0.830. The molecule has 102 valence electrons. The Morgan fingerprint density at radius 1 is 1.30 bits per heavy atom. The lowest BCUT2D eigenvalue weighted by atomic mass is 10.1. The first kappa shape index (κ1) is 13.7. The number of aromatic nitrogens is 1. The molecule has 0 fully saturated rings. The minimum Gasteiger partial charge on any atom is -0.480 e. The van der Waals surface area contributed by atoms with Crippen LogP contribution in [0.5, 0.6) is 0 Å². The maximum absolute atomic E-state index is 11.4. The molecule has 1 aromatic carbocycles. The molecule has 0 bridgehead atoms. The Hall–Kier alpha value is -2.69. The van der Waals surface area contributed by atoms with E-state index in [9.17, 15) is 9.59 Å². The number of hydrogen-bond donors (Lipinski definition) is 2. The first-order valence-electron chi connectivity index (χ1n) is 6.10. The standard InChI is InChI=1S/C15H14N2O3/c1-10-3-2-4-11-5-6-12(17-15(10)11)7-8-13(18)16-9-14(19)20/h2-8H,9H2,1H3,(H,16,18)(H,19,20)/b8-7+. The van der Waals surface area contributed by atoms with E-state index in [-0.39, 0.29) is 0 Å². The summed E-state index contributed by atoms with van der Waals surface area (Å²) in [6.45, 7) is 1.58. The smallest absolute Gasteiger partial charge is 0.322 e. The van der Waals surface area contributed by atoms with Crippen molar-refractivity contribution in [2.75, 3.05) is 6.54 Å². The van der Waals surface area contributed by atoms with Gasteiger partial charge in [-0.05, 0) is 24.6 Å². The zero-order valence-corrected chi connectivity index (χ0v) is 11.0. The van der Waals surface area contributed by atoms with Crippen LogP contribution in [0.25, 0.3) is 17.0 Å². The van der Waals surface area contributed by atoms with E-state index in [1.807, 2.05) is 37.3 Å². The van der Waals surface area contributed by atoms with Crippen molar-refractivity contribution in [2.45, 2.75) is 6.92 Å². The molecule has 1 heterocycles. The lowest BCUT2D eigenvalue weighted by molar-refractivity contribution is -0.137. The third-order valence-electron chi connectivity index (χ3n) is 2.76. The van der Waals surface area contributed by atoms with Gasteiger partial charge in [-0.25, -0.2) is 4.98 Å². The minimum atomic E-state index is -1.08. The van der Waals surface area contributed by atoms with Crippen LogP contribution in [0.4, 0.5) is 0 Å².